The van der Waals surface area contributed by atoms with Crippen molar-refractivity contribution in [1.29, 1.82) is 0 Å². The minimum atomic E-state index is -0.522. The zero-order chi connectivity index (χ0) is 22.4. The molecule has 160 valence electrons. The molecule has 1 heterocycles. The van der Waals surface area contributed by atoms with Gasteiger partial charge in [-0.3, -0.25) is 14.9 Å². The van der Waals surface area contributed by atoms with Gasteiger partial charge < -0.3 is 14.2 Å². The molecular formula is C20H17N3O7S. The summed E-state index contributed by atoms with van der Waals surface area (Å²) in [5.41, 5.74) is 3.00. The van der Waals surface area contributed by atoms with Gasteiger partial charge in [-0.15, -0.1) is 11.3 Å². The monoisotopic (exact) mass is 443 g/mol. The van der Waals surface area contributed by atoms with Gasteiger partial charge in [-0.1, -0.05) is 0 Å². The molecule has 10 nitrogen and oxygen atoms in total. The van der Waals surface area contributed by atoms with E-state index in [-0.39, 0.29) is 12.3 Å². The van der Waals surface area contributed by atoms with Crippen LogP contribution < -0.4 is 14.9 Å². The number of carbonyl (C=O) groups is 2. The van der Waals surface area contributed by atoms with Crippen molar-refractivity contribution < 1.29 is 28.7 Å². The van der Waals surface area contributed by atoms with E-state index in [0.717, 1.165) is 4.70 Å². The summed E-state index contributed by atoms with van der Waals surface area (Å²) in [6.07, 6.45) is 1.42. The summed E-state index contributed by atoms with van der Waals surface area (Å²) in [7, 11) is 2.72. The van der Waals surface area contributed by atoms with Gasteiger partial charge in [0, 0.05) is 22.2 Å². The maximum Gasteiger partial charge on any atom is 0.343 e. The van der Waals surface area contributed by atoms with Crippen LogP contribution in [0.5, 0.6) is 11.5 Å². The van der Waals surface area contributed by atoms with Crippen molar-refractivity contribution in [3.05, 3.63) is 63.0 Å². The largest absolute Gasteiger partial charge is 0.493 e. The Bertz CT molecular complexity index is 1170. The number of methoxy groups -OCH3 is 2. The molecule has 2 aromatic carbocycles. The highest BCUT2D eigenvalue weighted by Crippen LogP contribution is 2.29. The molecular weight excluding hydrogens is 426 g/mol. The van der Waals surface area contributed by atoms with Crippen molar-refractivity contribution in [3.8, 4) is 11.5 Å². The second-order valence-corrected chi connectivity index (χ2v) is 7.15. The lowest BCUT2D eigenvalue weighted by atomic mass is 10.2. The molecule has 0 saturated carbocycles. The van der Waals surface area contributed by atoms with E-state index < -0.39 is 16.8 Å². The van der Waals surface area contributed by atoms with Gasteiger partial charge in [-0.05, 0) is 35.9 Å². The number of hydrogen-bond acceptors (Lipinski definition) is 9. The number of nitrogens with one attached hydrogen (secondary N) is 1. The van der Waals surface area contributed by atoms with Crippen LogP contribution in [0.3, 0.4) is 0 Å². The number of carbonyl (C=O) groups excluding carboxylic acids is 2. The molecule has 0 bridgehead atoms. The highest BCUT2D eigenvalue weighted by atomic mass is 32.1. The summed E-state index contributed by atoms with van der Waals surface area (Å²) in [6.45, 7) is -0.255. The van der Waals surface area contributed by atoms with Crippen LogP contribution in [-0.2, 0) is 9.53 Å². The molecule has 0 unspecified atom stereocenters. The molecule has 0 aliphatic heterocycles. The number of non-ortho nitro benzene ring substituents is 1. The quantitative estimate of drug-likeness (QED) is 0.245. The van der Waals surface area contributed by atoms with Gasteiger partial charge in [0.1, 0.15) is 0 Å². The molecule has 3 aromatic rings. The van der Waals surface area contributed by atoms with Gasteiger partial charge in [0.25, 0.3) is 11.6 Å². The lowest BCUT2D eigenvalue weighted by Crippen LogP contribution is -2.16. The minimum absolute atomic E-state index is 0.0387. The fourth-order valence-electron chi connectivity index (χ4n) is 2.56. The maximum atomic E-state index is 12.3. The van der Waals surface area contributed by atoms with Gasteiger partial charge in [0.2, 0.25) is 0 Å². The number of nitrogens with zero attached hydrogens (tertiary/aromatic N) is 2. The van der Waals surface area contributed by atoms with E-state index in [2.05, 4.69) is 15.3 Å². The van der Waals surface area contributed by atoms with Crippen molar-refractivity contribution in [2.24, 2.45) is 5.10 Å². The van der Waals surface area contributed by atoms with E-state index in [0.29, 0.717) is 27.3 Å². The normalized spacial score (nSPS) is 10.8. The Balaban J connectivity index is 1.67. The number of ether oxygens (including phenoxy) is 3. The average molecular weight is 443 g/mol. The smallest absolute Gasteiger partial charge is 0.343 e. The standard InChI is InChI=1S/C20H17N3O7S/c1-28-16-7-12(3-5-15(16)30-11-19(24)29-2)10-21-22-20(25)18-9-13-8-14(23(26)27)4-6-17(13)31-18/h3-10H,11H2,1-2H3,(H,22,25). The number of nitro benzene ring substituents is 1. The molecule has 0 fully saturated rings. The van der Waals surface area contributed by atoms with Crippen LogP contribution in [0.25, 0.3) is 10.1 Å². The van der Waals surface area contributed by atoms with Crippen molar-refractivity contribution in [2.75, 3.05) is 20.8 Å². The van der Waals surface area contributed by atoms with Crippen molar-refractivity contribution >= 4 is 45.2 Å². The first-order valence-corrected chi connectivity index (χ1v) is 9.62. The van der Waals surface area contributed by atoms with E-state index in [1.54, 1.807) is 30.3 Å². The fourth-order valence-corrected chi connectivity index (χ4v) is 3.49. The molecule has 3 rings (SSSR count). The van der Waals surface area contributed by atoms with Gasteiger partial charge >= 0.3 is 5.97 Å². The van der Waals surface area contributed by atoms with Crippen LogP contribution in [0.2, 0.25) is 0 Å². The Kier molecular flexibility index (Phi) is 6.78. The van der Waals surface area contributed by atoms with Crippen molar-refractivity contribution in [1.82, 2.24) is 5.43 Å². The third kappa shape index (κ3) is 5.34. The molecule has 31 heavy (non-hydrogen) atoms. The second kappa shape index (κ2) is 9.67. The Morgan fingerprint density at radius 1 is 1.16 bits per heavy atom. The number of amides is 1. The third-order valence-electron chi connectivity index (χ3n) is 4.08. The van der Waals surface area contributed by atoms with Gasteiger partial charge in [-0.25, -0.2) is 10.2 Å². The van der Waals surface area contributed by atoms with Gasteiger partial charge in [0.05, 0.1) is 30.2 Å². The first kappa shape index (κ1) is 21.7. The average Bonchev–Trinajstić information content (AvgIpc) is 3.21. The number of rotatable bonds is 8. The van der Waals surface area contributed by atoms with Gasteiger partial charge in [-0.2, -0.15) is 5.10 Å². The Hall–Kier alpha value is -3.99. The number of hydrogen-bond donors (Lipinski definition) is 1. The summed E-state index contributed by atoms with van der Waals surface area (Å²) in [6, 6.07) is 10.9. The third-order valence-corrected chi connectivity index (χ3v) is 5.19. The summed E-state index contributed by atoms with van der Waals surface area (Å²) in [4.78, 5) is 34.3. The molecule has 1 aromatic heterocycles. The molecule has 11 heteroatoms. The van der Waals surface area contributed by atoms with Crippen LogP contribution in [-0.4, -0.2) is 43.8 Å². The predicted octanol–water partition coefficient (Wildman–Crippen LogP) is 3.13. The number of thiophene rings is 1. The van der Waals surface area contributed by atoms with Crippen LogP contribution in [0.4, 0.5) is 5.69 Å². The number of nitro groups is 1. The highest BCUT2D eigenvalue weighted by molar-refractivity contribution is 7.20. The van der Waals surface area contributed by atoms with Crippen molar-refractivity contribution in [3.63, 3.8) is 0 Å². The first-order valence-electron chi connectivity index (χ1n) is 8.80. The number of benzene rings is 2. The summed E-state index contributed by atoms with van der Waals surface area (Å²) < 4.78 is 15.8. The topological polar surface area (TPSA) is 129 Å². The second-order valence-electron chi connectivity index (χ2n) is 6.06. The van der Waals surface area contributed by atoms with E-state index in [1.807, 2.05) is 0 Å². The number of esters is 1. The summed E-state index contributed by atoms with van der Waals surface area (Å²) >= 11 is 1.21. The van der Waals surface area contributed by atoms with E-state index in [1.165, 1.54) is 43.9 Å². The zero-order valence-corrected chi connectivity index (χ0v) is 17.3. The number of fused-ring (bicyclic) bond motifs is 1. The molecule has 0 saturated heterocycles. The molecule has 1 amide bonds. The Morgan fingerprint density at radius 3 is 2.68 bits per heavy atom. The minimum Gasteiger partial charge on any atom is -0.493 e. The molecule has 0 atom stereocenters. The van der Waals surface area contributed by atoms with E-state index >= 15 is 0 Å². The highest BCUT2D eigenvalue weighted by Gasteiger charge is 2.13. The van der Waals surface area contributed by atoms with E-state index in [4.69, 9.17) is 9.47 Å². The fraction of sp³-hybridized carbons (Fsp3) is 0.150. The first-order chi connectivity index (χ1) is 14.9. The van der Waals surface area contributed by atoms with Crippen LogP contribution in [0, 0.1) is 10.1 Å². The molecule has 0 aliphatic rings. The van der Waals surface area contributed by atoms with Crippen LogP contribution >= 0.6 is 11.3 Å². The lowest BCUT2D eigenvalue weighted by Gasteiger charge is -2.10. The Labute approximate surface area is 180 Å². The number of hydrazone groups is 1. The summed E-state index contributed by atoms with van der Waals surface area (Å²) in [5.74, 6) is -0.227. The molecule has 0 spiro atoms. The SMILES string of the molecule is COC(=O)COc1ccc(C=NNC(=O)c2cc3cc([N+](=O)[O-])ccc3s2)cc1OC. The van der Waals surface area contributed by atoms with Crippen LogP contribution in [0.1, 0.15) is 15.2 Å². The van der Waals surface area contributed by atoms with Crippen LogP contribution in [0.15, 0.2) is 47.6 Å². The maximum absolute atomic E-state index is 12.3. The molecule has 0 radical (unpaired) electrons. The lowest BCUT2D eigenvalue weighted by molar-refractivity contribution is -0.384. The van der Waals surface area contributed by atoms with E-state index in [9.17, 15) is 19.7 Å². The summed E-state index contributed by atoms with van der Waals surface area (Å²) in [5, 5.41) is 15.4. The van der Waals surface area contributed by atoms with Gasteiger partial charge in [0.15, 0.2) is 18.1 Å². The zero-order valence-electron chi connectivity index (χ0n) is 16.5. The molecule has 0 aliphatic carbocycles. The Morgan fingerprint density at radius 2 is 1.97 bits per heavy atom. The predicted molar refractivity (Wildman–Crippen MR) is 114 cm³/mol. The van der Waals surface area contributed by atoms with Crippen molar-refractivity contribution in [2.45, 2.75) is 0 Å². The molecule has 1 N–H and O–H groups in total.